The maximum absolute atomic E-state index is 12.3. The van der Waals surface area contributed by atoms with Crippen LogP contribution in [0.1, 0.15) is 44.1 Å². The maximum atomic E-state index is 12.3. The Hall–Kier alpha value is -1.40. The molecule has 1 amide bonds. The summed E-state index contributed by atoms with van der Waals surface area (Å²) in [5.41, 5.74) is 1.04. The van der Waals surface area contributed by atoms with Crippen LogP contribution < -0.4 is 5.32 Å². The molecule has 2 aliphatic rings. The fourth-order valence-electron chi connectivity index (χ4n) is 3.29. The molecule has 0 unspecified atom stereocenters. The molecule has 0 bridgehead atoms. The first kappa shape index (κ1) is 16.5. The summed E-state index contributed by atoms with van der Waals surface area (Å²) in [7, 11) is 0. The van der Waals surface area contributed by atoms with Crippen molar-refractivity contribution < 1.29 is 14.3 Å². The number of carbonyl (C=O) groups is 1. The van der Waals surface area contributed by atoms with Crippen LogP contribution in [-0.4, -0.2) is 46.9 Å². The van der Waals surface area contributed by atoms with Gasteiger partial charge in [0.2, 0.25) is 5.91 Å². The summed E-state index contributed by atoms with van der Waals surface area (Å²) in [5, 5.41) is 3.10. The monoisotopic (exact) mass is 321 g/mol. The van der Waals surface area contributed by atoms with E-state index in [2.05, 4.69) is 14.9 Å². The second-order valence-corrected chi connectivity index (χ2v) is 6.66. The van der Waals surface area contributed by atoms with Gasteiger partial charge < -0.3 is 19.4 Å². The molecule has 0 saturated carbocycles. The molecular formula is C17H27N3O3. The Kier molecular flexibility index (Phi) is 5.33. The normalized spacial score (nSPS) is 25.7. The molecule has 1 aromatic rings. The summed E-state index contributed by atoms with van der Waals surface area (Å²) in [6.45, 7) is 5.92. The minimum Gasteiger partial charge on any atom is -0.376 e. The van der Waals surface area contributed by atoms with Crippen LogP contribution in [0.25, 0.3) is 0 Å². The summed E-state index contributed by atoms with van der Waals surface area (Å²) in [6, 6.07) is 0.153. The van der Waals surface area contributed by atoms with Gasteiger partial charge >= 0.3 is 0 Å². The van der Waals surface area contributed by atoms with Crippen LogP contribution in [0.5, 0.6) is 0 Å². The van der Waals surface area contributed by atoms with Crippen LogP contribution in [0, 0.1) is 6.92 Å². The Morgan fingerprint density at radius 2 is 2.39 bits per heavy atom. The number of nitrogens with one attached hydrogen (secondary N) is 1. The third kappa shape index (κ3) is 4.32. The van der Waals surface area contributed by atoms with Crippen molar-refractivity contribution in [1.82, 2.24) is 14.9 Å². The van der Waals surface area contributed by atoms with E-state index < -0.39 is 6.10 Å². The second kappa shape index (κ2) is 7.45. The van der Waals surface area contributed by atoms with Gasteiger partial charge in [-0.2, -0.15) is 0 Å². The number of amides is 1. The maximum Gasteiger partial charge on any atom is 0.249 e. The number of hydrogen-bond acceptors (Lipinski definition) is 4. The van der Waals surface area contributed by atoms with E-state index in [1.165, 1.54) is 6.42 Å². The van der Waals surface area contributed by atoms with Gasteiger partial charge in [-0.3, -0.25) is 4.79 Å². The van der Waals surface area contributed by atoms with Crippen molar-refractivity contribution >= 4 is 5.91 Å². The molecule has 1 fully saturated rings. The number of nitrogens with zero attached hydrogens (tertiary/aromatic N) is 2. The Morgan fingerprint density at radius 1 is 1.52 bits per heavy atom. The van der Waals surface area contributed by atoms with Gasteiger partial charge in [-0.25, -0.2) is 4.98 Å². The van der Waals surface area contributed by atoms with Crippen molar-refractivity contribution in [3.8, 4) is 0 Å². The first-order chi connectivity index (χ1) is 11.1. The number of hydrogen-bond donors (Lipinski definition) is 1. The molecule has 0 radical (unpaired) electrons. The average Bonchev–Trinajstić information content (AvgIpc) is 2.92. The van der Waals surface area contributed by atoms with Crippen LogP contribution in [0.4, 0.5) is 0 Å². The zero-order valence-electron chi connectivity index (χ0n) is 14.1. The second-order valence-electron chi connectivity index (χ2n) is 6.66. The van der Waals surface area contributed by atoms with Crippen molar-refractivity contribution in [2.75, 3.05) is 13.2 Å². The highest BCUT2D eigenvalue weighted by molar-refractivity contribution is 5.80. The van der Waals surface area contributed by atoms with Gasteiger partial charge in [0.05, 0.1) is 18.4 Å². The van der Waals surface area contributed by atoms with E-state index >= 15 is 0 Å². The largest absolute Gasteiger partial charge is 0.376 e. The third-order valence-corrected chi connectivity index (χ3v) is 4.63. The van der Waals surface area contributed by atoms with Gasteiger partial charge in [0, 0.05) is 31.8 Å². The zero-order valence-corrected chi connectivity index (χ0v) is 14.1. The Labute approximate surface area is 137 Å². The third-order valence-electron chi connectivity index (χ3n) is 4.63. The Bertz CT molecular complexity index is 537. The van der Waals surface area contributed by atoms with Gasteiger partial charge in [-0.15, -0.1) is 0 Å². The molecule has 1 saturated heterocycles. The van der Waals surface area contributed by atoms with E-state index in [9.17, 15) is 4.79 Å². The number of carbonyl (C=O) groups excluding carboxylic acids is 1. The fourth-order valence-corrected chi connectivity index (χ4v) is 3.29. The molecule has 0 spiro atoms. The van der Waals surface area contributed by atoms with Crippen molar-refractivity contribution in [2.45, 2.75) is 70.7 Å². The number of aromatic nitrogens is 2. The summed E-state index contributed by atoms with van der Waals surface area (Å²) >= 11 is 0. The molecule has 128 valence electrons. The molecule has 23 heavy (non-hydrogen) atoms. The lowest BCUT2D eigenvalue weighted by Gasteiger charge is -2.27. The standard InChI is InChI=1S/C17H27N3O3/c1-12-9-20-10-14(6-7-16(20)18-12)19-17(21)13(2)23-11-15-5-3-4-8-22-15/h9,13-15H,3-8,10-11H2,1-2H3,(H,19,21)/t13-,14+,15-/m1/s1. The van der Waals surface area contributed by atoms with Gasteiger partial charge in [-0.1, -0.05) is 0 Å². The highest BCUT2D eigenvalue weighted by Gasteiger charge is 2.24. The lowest BCUT2D eigenvalue weighted by molar-refractivity contribution is -0.136. The number of aryl methyl sites for hydroxylation is 2. The highest BCUT2D eigenvalue weighted by Crippen LogP contribution is 2.16. The molecule has 0 aliphatic carbocycles. The van der Waals surface area contributed by atoms with Crippen LogP contribution >= 0.6 is 0 Å². The number of rotatable bonds is 5. The molecule has 2 aliphatic heterocycles. The summed E-state index contributed by atoms with van der Waals surface area (Å²) in [6.07, 6.45) is 6.93. The smallest absolute Gasteiger partial charge is 0.249 e. The molecule has 6 nitrogen and oxygen atoms in total. The zero-order chi connectivity index (χ0) is 16.2. The lowest BCUT2D eigenvalue weighted by Crippen LogP contribution is -2.45. The van der Waals surface area contributed by atoms with Crippen LogP contribution in [0.3, 0.4) is 0 Å². The number of fused-ring (bicyclic) bond motifs is 1. The molecule has 1 aromatic heterocycles. The van der Waals surface area contributed by atoms with Crippen LogP contribution in [-0.2, 0) is 27.2 Å². The van der Waals surface area contributed by atoms with Crippen LogP contribution in [0.15, 0.2) is 6.20 Å². The van der Waals surface area contributed by atoms with E-state index in [0.717, 1.165) is 50.4 Å². The summed E-state index contributed by atoms with van der Waals surface area (Å²) < 4.78 is 13.5. The Balaban J connectivity index is 1.43. The summed E-state index contributed by atoms with van der Waals surface area (Å²) in [5.74, 6) is 1.08. The summed E-state index contributed by atoms with van der Waals surface area (Å²) in [4.78, 5) is 16.8. The van der Waals surface area contributed by atoms with E-state index in [0.29, 0.717) is 6.61 Å². The highest BCUT2D eigenvalue weighted by atomic mass is 16.5. The molecular weight excluding hydrogens is 294 g/mol. The van der Waals surface area contributed by atoms with E-state index in [4.69, 9.17) is 9.47 Å². The molecule has 0 aromatic carbocycles. The van der Waals surface area contributed by atoms with E-state index in [1.54, 1.807) is 0 Å². The SMILES string of the molecule is Cc1cn2c(n1)CC[C@H](NC(=O)[C@@H](C)OC[C@H]1CCCCO1)C2. The lowest BCUT2D eigenvalue weighted by atomic mass is 10.1. The van der Waals surface area contributed by atoms with E-state index in [1.807, 2.05) is 20.0 Å². The average molecular weight is 321 g/mol. The molecule has 3 rings (SSSR count). The number of imidazole rings is 1. The molecule has 6 heteroatoms. The Morgan fingerprint density at radius 3 is 3.17 bits per heavy atom. The fraction of sp³-hybridized carbons (Fsp3) is 0.765. The van der Waals surface area contributed by atoms with Crippen molar-refractivity contribution in [1.29, 1.82) is 0 Å². The van der Waals surface area contributed by atoms with Gasteiger partial charge in [0.25, 0.3) is 0 Å². The predicted molar refractivity (Wildman–Crippen MR) is 86.2 cm³/mol. The minimum absolute atomic E-state index is 0.0360. The van der Waals surface area contributed by atoms with Crippen molar-refractivity contribution in [2.24, 2.45) is 0 Å². The van der Waals surface area contributed by atoms with Crippen molar-refractivity contribution in [3.05, 3.63) is 17.7 Å². The first-order valence-corrected chi connectivity index (χ1v) is 8.68. The van der Waals surface area contributed by atoms with E-state index in [-0.39, 0.29) is 18.1 Å². The minimum atomic E-state index is -0.438. The van der Waals surface area contributed by atoms with Gasteiger partial charge in [-0.05, 0) is 39.5 Å². The molecule has 3 atom stereocenters. The van der Waals surface area contributed by atoms with Gasteiger partial charge in [0.15, 0.2) is 0 Å². The first-order valence-electron chi connectivity index (χ1n) is 8.68. The molecule has 3 heterocycles. The quantitative estimate of drug-likeness (QED) is 0.894. The number of ether oxygens (including phenoxy) is 2. The molecule has 1 N–H and O–H groups in total. The topological polar surface area (TPSA) is 65.4 Å². The van der Waals surface area contributed by atoms with Crippen molar-refractivity contribution in [3.63, 3.8) is 0 Å². The van der Waals surface area contributed by atoms with Gasteiger partial charge in [0.1, 0.15) is 11.9 Å². The predicted octanol–water partition coefficient (Wildman–Crippen LogP) is 1.60. The van der Waals surface area contributed by atoms with Crippen LogP contribution in [0.2, 0.25) is 0 Å².